The molecule has 1 aromatic rings. The van der Waals surface area contributed by atoms with E-state index in [4.69, 9.17) is 0 Å². The molecule has 0 saturated heterocycles. The van der Waals surface area contributed by atoms with Gasteiger partial charge in [0.25, 0.3) is 0 Å². The molecule has 1 aliphatic heterocycles. The molecular weight excluding hydrogens is 158 g/mol. The van der Waals surface area contributed by atoms with Gasteiger partial charge in [0.2, 0.25) is 0 Å². The SMILES string of the molecule is CN1CCc2cc(C3CC3)ccc21. The number of nitrogens with zero attached hydrogens (tertiary/aromatic N) is 1. The first kappa shape index (κ1) is 7.43. The zero-order chi connectivity index (χ0) is 8.84. The highest BCUT2D eigenvalue weighted by Crippen LogP contribution is 2.42. The average molecular weight is 173 g/mol. The van der Waals surface area contributed by atoms with Crippen LogP contribution in [0.25, 0.3) is 0 Å². The van der Waals surface area contributed by atoms with E-state index in [1.807, 2.05) is 0 Å². The van der Waals surface area contributed by atoms with Gasteiger partial charge in [0.15, 0.2) is 0 Å². The fraction of sp³-hybridized carbons (Fsp3) is 0.500. The summed E-state index contributed by atoms with van der Waals surface area (Å²) < 4.78 is 0. The fourth-order valence-electron chi connectivity index (χ4n) is 2.26. The van der Waals surface area contributed by atoms with E-state index < -0.39 is 0 Å². The van der Waals surface area contributed by atoms with E-state index in [9.17, 15) is 0 Å². The zero-order valence-electron chi connectivity index (χ0n) is 8.09. The van der Waals surface area contributed by atoms with Gasteiger partial charge in [0, 0.05) is 19.3 Å². The van der Waals surface area contributed by atoms with Crippen LogP contribution in [0.2, 0.25) is 0 Å². The van der Waals surface area contributed by atoms with Crippen molar-refractivity contribution in [2.24, 2.45) is 0 Å². The first-order valence-corrected chi connectivity index (χ1v) is 5.18. The minimum absolute atomic E-state index is 0.899. The van der Waals surface area contributed by atoms with Crippen molar-refractivity contribution in [2.75, 3.05) is 18.5 Å². The zero-order valence-corrected chi connectivity index (χ0v) is 8.09. The summed E-state index contributed by atoms with van der Waals surface area (Å²) in [6.45, 7) is 1.20. The van der Waals surface area contributed by atoms with Gasteiger partial charge in [-0.15, -0.1) is 0 Å². The lowest BCUT2D eigenvalue weighted by Gasteiger charge is -2.11. The van der Waals surface area contributed by atoms with Gasteiger partial charge in [-0.25, -0.2) is 0 Å². The Bertz CT molecular complexity index is 339. The number of hydrogen-bond donors (Lipinski definition) is 0. The predicted octanol–water partition coefficient (Wildman–Crippen LogP) is 2.56. The Morgan fingerprint density at radius 3 is 2.92 bits per heavy atom. The van der Waals surface area contributed by atoms with Gasteiger partial charge in [0.05, 0.1) is 0 Å². The molecule has 1 heterocycles. The second kappa shape index (κ2) is 2.50. The molecule has 0 N–H and O–H groups in total. The summed E-state index contributed by atoms with van der Waals surface area (Å²) in [6.07, 6.45) is 4.07. The van der Waals surface area contributed by atoms with Crippen LogP contribution in [0.5, 0.6) is 0 Å². The minimum atomic E-state index is 0.899. The molecule has 0 atom stereocenters. The minimum Gasteiger partial charge on any atom is -0.374 e. The Morgan fingerprint density at radius 2 is 2.15 bits per heavy atom. The summed E-state index contributed by atoms with van der Waals surface area (Å²) in [7, 11) is 2.18. The number of hydrogen-bond acceptors (Lipinski definition) is 1. The van der Waals surface area contributed by atoms with Crippen molar-refractivity contribution in [3.8, 4) is 0 Å². The van der Waals surface area contributed by atoms with Gasteiger partial charge in [-0.3, -0.25) is 0 Å². The second-order valence-electron chi connectivity index (χ2n) is 4.33. The van der Waals surface area contributed by atoms with Gasteiger partial charge < -0.3 is 4.90 Å². The third-order valence-corrected chi connectivity index (χ3v) is 3.28. The van der Waals surface area contributed by atoms with Crippen LogP contribution >= 0.6 is 0 Å². The molecule has 1 nitrogen and oxygen atoms in total. The van der Waals surface area contributed by atoms with E-state index in [-0.39, 0.29) is 0 Å². The van der Waals surface area contributed by atoms with Gasteiger partial charge in [-0.1, -0.05) is 12.1 Å². The lowest BCUT2D eigenvalue weighted by molar-refractivity contribution is 0.955. The molecule has 1 heteroatoms. The maximum absolute atomic E-state index is 2.43. The Hall–Kier alpha value is -0.980. The van der Waals surface area contributed by atoms with Crippen molar-refractivity contribution in [3.63, 3.8) is 0 Å². The second-order valence-corrected chi connectivity index (χ2v) is 4.33. The smallest absolute Gasteiger partial charge is 0.0397 e. The first-order valence-electron chi connectivity index (χ1n) is 5.18. The number of fused-ring (bicyclic) bond motifs is 1. The number of rotatable bonds is 1. The molecule has 0 bridgehead atoms. The molecule has 3 rings (SSSR count). The summed E-state index contributed by atoms with van der Waals surface area (Å²) in [4.78, 5) is 2.35. The van der Waals surface area contributed by atoms with Crippen molar-refractivity contribution in [1.82, 2.24) is 0 Å². The Morgan fingerprint density at radius 1 is 1.31 bits per heavy atom. The van der Waals surface area contributed by atoms with Crippen molar-refractivity contribution < 1.29 is 0 Å². The summed E-state index contributed by atoms with van der Waals surface area (Å²) >= 11 is 0. The van der Waals surface area contributed by atoms with E-state index in [1.54, 1.807) is 11.1 Å². The van der Waals surface area contributed by atoms with Crippen LogP contribution < -0.4 is 4.90 Å². The molecule has 2 aliphatic rings. The van der Waals surface area contributed by atoms with Gasteiger partial charge in [0.1, 0.15) is 0 Å². The van der Waals surface area contributed by atoms with Gasteiger partial charge >= 0.3 is 0 Å². The molecule has 0 spiro atoms. The lowest BCUT2D eigenvalue weighted by atomic mass is 10.1. The average Bonchev–Trinajstić information content (AvgIpc) is 2.93. The monoisotopic (exact) mass is 173 g/mol. The number of benzene rings is 1. The molecule has 13 heavy (non-hydrogen) atoms. The topological polar surface area (TPSA) is 3.24 Å². The molecular formula is C12H15N. The molecule has 0 aromatic heterocycles. The van der Waals surface area contributed by atoms with Crippen molar-refractivity contribution in [2.45, 2.75) is 25.2 Å². The quantitative estimate of drug-likeness (QED) is 0.631. The molecule has 1 fully saturated rings. The van der Waals surface area contributed by atoms with Crippen LogP contribution in [-0.2, 0) is 6.42 Å². The largest absolute Gasteiger partial charge is 0.374 e. The predicted molar refractivity (Wildman–Crippen MR) is 55.4 cm³/mol. The Labute approximate surface area is 79.4 Å². The van der Waals surface area contributed by atoms with Crippen LogP contribution in [0.15, 0.2) is 18.2 Å². The lowest BCUT2D eigenvalue weighted by Crippen LogP contribution is -2.12. The summed E-state index contributed by atoms with van der Waals surface area (Å²) in [5, 5.41) is 0. The Kier molecular flexibility index (Phi) is 1.43. The standard InChI is InChI=1S/C12H15N/c1-13-7-6-11-8-10(9-2-3-9)4-5-12(11)13/h4-5,8-9H,2-3,6-7H2,1H3. The van der Waals surface area contributed by atoms with Crippen LogP contribution in [0.4, 0.5) is 5.69 Å². The fourth-order valence-corrected chi connectivity index (χ4v) is 2.26. The van der Waals surface area contributed by atoms with E-state index in [0.29, 0.717) is 0 Å². The summed E-state index contributed by atoms with van der Waals surface area (Å²) in [6, 6.07) is 7.05. The first-order chi connectivity index (χ1) is 6.34. The van der Waals surface area contributed by atoms with Crippen LogP contribution in [0.3, 0.4) is 0 Å². The third kappa shape index (κ3) is 1.14. The molecule has 0 unspecified atom stereocenters. The van der Waals surface area contributed by atoms with E-state index in [2.05, 4.69) is 30.1 Å². The summed E-state index contributed by atoms with van der Waals surface area (Å²) in [5.41, 5.74) is 4.59. The van der Waals surface area contributed by atoms with Crippen LogP contribution in [-0.4, -0.2) is 13.6 Å². The van der Waals surface area contributed by atoms with E-state index >= 15 is 0 Å². The molecule has 1 aliphatic carbocycles. The van der Waals surface area contributed by atoms with Gasteiger partial charge in [-0.2, -0.15) is 0 Å². The highest BCUT2D eigenvalue weighted by atomic mass is 15.1. The van der Waals surface area contributed by atoms with E-state index in [0.717, 1.165) is 5.92 Å². The van der Waals surface area contributed by atoms with Gasteiger partial charge in [-0.05, 0) is 42.4 Å². The molecule has 68 valence electrons. The Balaban J connectivity index is 2.02. The maximum atomic E-state index is 2.43. The summed E-state index contributed by atoms with van der Waals surface area (Å²) in [5.74, 6) is 0.899. The maximum Gasteiger partial charge on any atom is 0.0397 e. The normalized spacial score (nSPS) is 20.5. The van der Waals surface area contributed by atoms with Crippen molar-refractivity contribution in [1.29, 1.82) is 0 Å². The number of likely N-dealkylation sites (N-methyl/N-ethyl adjacent to an activating group) is 1. The number of anilines is 1. The highest BCUT2D eigenvalue weighted by Gasteiger charge is 2.25. The van der Waals surface area contributed by atoms with Crippen molar-refractivity contribution in [3.05, 3.63) is 29.3 Å². The molecule has 0 radical (unpaired) electrons. The molecule has 1 saturated carbocycles. The highest BCUT2D eigenvalue weighted by molar-refractivity contribution is 5.59. The van der Waals surface area contributed by atoms with E-state index in [1.165, 1.54) is 31.5 Å². The van der Waals surface area contributed by atoms with Crippen LogP contribution in [0, 0.1) is 0 Å². The van der Waals surface area contributed by atoms with Crippen LogP contribution in [0.1, 0.15) is 29.9 Å². The molecule has 0 amide bonds. The molecule has 1 aromatic carbocycles. The van der Waals surface area contributed by atoms with Crippen molar-refractivity contribution >= 4 is 5.69 Å². The third-order valence-electron chi connectivity index (χ3n) is 3.28.